The minimum absolute atomic E-state index is 0.176. The molecule has 2 aromatic rings. The molecule has 0 fully saturated rings. The maximum Gasteiger partial charge on any atom is 0.125 e. The van der Waals surface area contributed by atoms with Gasteiger partial charge in [0.1, 0.15) is 5.82 Å². The summed E-state index contributed by atoms with van der Waals surface area (Å²) in [5.41, 5.74) is 10.2. The summed E-state index contributed by atoms with van der Waals surface area (Å²) < 4.78 is 13.7. The van der Waals surface area contributed by atoms with Crippen LogP contribution in [0.15, 0.2) is 42.5 Å². The number of benzene rings is 2. The zero-order chi connectivity index (χ0) is 13.9. The van der Waals surface area contributed by atoms with Crippen molar-refractivity contribution < 1.29 is 4.39 Å². The van der Waals surface area contributed by atoms with Crippen molar-refractivity contribution in [2.24, 2.45) is 5.73 Å². The average molecular weight is 270 g/mol. The van der Waals surface area contributed by atoms with Crippen molar-refractivity contribution in [1.29, 1.82) is 0 Å². The highest BCUT2D eigenvalue weighted by atomic mass is 19.1. The molecule has 0 spiro atoms. The topological polar surface area (TPSA) is 29.3 Å². The van der Waals surface area contributed by atoms with Crippen molar-refractivity contribution >= 4 is 5.69 Å². The zero-order valence-corrected chi connectivity index (χ0v) is 11.5. The van der Waals surface area contributed by atoms with Crippen molar-refractivity contribution in [1.82, 2.24) is 0 Å². The first kappa shape index (κ1) is 13.1. The fourth-order valence-electron chi connectivity index (χ4n) is 2.84. The predicted octanol–water partition coefficient (Wildman–Crippen LogP) is 2.89. The van der Waals surface area contributed by atoms with Gasteiger partial charge in [-0.3, -0.25) is 0 Å². The summed E-state index contributed by atoms with van der Waals surface area (Å²) in [6.45, 7) is 2.33. The number of halogens is 1. The molecule has 2 aromatic carbocycles. The van der Waals surface area contributed by atoms with Crippen LogP contribution in [0.1, 0.15) is 16.7 Å². The third-order valence-electron chi connectivity index (χ3n) is 3.87. The van der Waals surface area contributed by atoms with Crippen LogP contribution in [0.5, 0.6) is 0 Å². The highest BCUT2D eigenvalue weighted by Crippen LogP contribution is 2.26. The van der Waals surface area contributed by atoms with Gasteiger partial charge in [0, 0.05) is 18.8 Å². The molecule has 0 unspecified atom stereocenters. The zero-order valence-electron chi connectivity index (χ0n) is 11.5. The number of hydrogen-bond acceptors (Lipinski definition) is 2. The van der Waals surface area contributed by atoms with E-state index in [-0.39, 0.29) is 5.82 Å². The van der Waals surface area contributed by atoms with Gasteiger partial charge in [0.2, 0.25) is 0 Å². The number of nitrogens with zero attached hydrogens (tertiary/aromatic N) is 1. The monoisotopic (exact) mass is 270 g/mol. The molecule has 0 bridgehead atoms. The molecule has 3 heteroatoms. The van der Waals surface area contributed by atoms with E-state index < -0.39 is 0 Å². The van der Waals surface area contributed by atoms with Gasteiger partial charge in [-0.1, -0.05) is 24.3 Å². The summed E-state index contributed by atoms with van der Waals surface area (Å²) in [4.78, 5) is 2.24. The molecule has 20 heavy (non-hydrogen) atoms. The molecule has 0 aliphatic carbocycles. The summed E-state index contributed by atoms with van der Waals surface area (Å²) in [5.74, 6) is -0.176. The normalized spacial score (nSPS) is 14.2. The molecule has 0 atom stereocenters. The Balaban J connectivity index is 1.87. The first-order valence-electron chi connectivity index (χ1n) is 7.07. The van der Waals surface area contributed by atoms with E-state index in [2.05, 4.69) is 35.2 Å². The van der Waals surface area contributed by atoms with E-state index in [1.54, 1.807) is 12.1 Å². The number of fused-ring (bicyclic) bond motifs is 1. The molecule has 2 N–H and O–H groups in total. The molecule has 0 aromatic heterocycles. The second-order valence-electron chi connectivity index (χ2n) is 5.30. The Kier molecular flexibility index (Phi) is 3.70. The van der Waals surface area contributed by atoms with Crippen LogP contribution in [0.4, 0.5) is 10.1 Å². The molecule has 1 heterocycles. The highest BCUT2D eigenvalue weighted by molar-refractivity contribution is 5.51. The lowest BCUT2D eigenvalue weighted by Gasteiger charge is -2.31. The Morgan fingerprint density at radius 2 is 1.90 bits per heavy atom. The summed E-state index contributed by atoms with van der Waals surface area (Å²) in [6, 6.07) is 13.7. The molecule has 1 aliphatic rings. The number of anilines is 1. The molecule has 0 radical (unpaired) electrons. The van der Waals surface area contributed by atoms with Crippen molar-refractivity contribution in [3.05, 3.63) is 65.0 Å². The minimum Gasteiger partial charge on any atom is -0.367 e. The third kappa shape index (κ3) is 2.68. The minimum atomic E-state index is -0.176. The van der Waals surface area contributed by atoms with Gasteiger partial charge in [-0.2, -0.15) is 0 Å². The first-order valence-corrected chi connectivity index (χ1v) is 7.07. The largest absolute Gasteiger partial charge is 0.367 e. The molecule has 104 valence electrons. The smallest absolute Gasteiger partial charge is 0.125 e. The number of hydrogen-bond donors (Lipinski definition) is 1. The molecule has 0 saturated heterocycles. The number of rotatable bonds is 3. The summed E-state index contributed by atoms with van der Waals surface area (Å²) >= 11 is 0. The van der Waals surface area contributed by atoms with Gasteiger partial charge in [-0.05, 0) is 54.3 Å². The second kappa shape index (κ2) is 5.63. The van der Waals surface area contributed by atoms with Gasteiger partial charge < -0.3 is 10.6 Å². The van der Waals surface area contributed by atoms with E-state index in [0.29, 0.717) is 6.54 Å². The first-order chi connectivity index (χ1) is 9.76. The van der Waals surface area contributed by atoms with Crippen LogP contribution in [-0.2, 0) is 19.4 Å². The Bertz CT molecular complexity index is 610. The van der Waals surface area contributed by atoms with Gasteiger partial charge in [0.15, 0.2) is 0 Å². The predicted molar refractivity (Wildman–Crippen MR) is 80.4 cm³/mol. The molecule has 2 nitrogen and oxygen atoms in total. The maximum absolute atomic E-state index is 13.7. The molecule has 0 amide bonds. The van der Waals surface area contributed by atoms with Gasteiger partial charge in [0.25, 0.3) is 0 Å². The van der Waals surface area contributed by atoms with E-state index in [0.717, 1.165) is 37.2 Å². The van der Waals surface area contributed by atoms with Gasteiger partial charge in [-0.25, -0.2) is 4.39 Å². The Morgan fingerprint density at radius 1 is 1.10 bits per heavy atom. The van der Waals surface area contributed by atoms with Crippen molar-refractivity contribution in [2.45, 2.75) is 19.4 Å². The van der Waals surface area contributed by atoms with E-state index >= 15 is 0 Å². The fraction of sp³-hybridized carbons (Fsp3) is 0.294. The Hall–Kier alpha value is -1.87. The van der Waals surface area contributed by atoms with Crippen LogP contribution >= 0.6 is 0 Å². The second-order valence-corrected chi connectivity index (χ2v) is 5.30. The van der Waals surface area contributed by atoms with E-state index in [1.165, 1.54) is 11.1 Å². The van der Waals surface area contributed by atoms with Crippen molar-refractivity contribution in [3.8, 4) is 0 Å². The van der Waals surface area contributed by atoms with Gasteiger partial charge >= 0.3 is 0 Å². The summed E-state index contributed by atoms with van der Waals surface area (Å²) in [6.07, 6.45) is 1.73. The quantitative estimate of drug-likeness (QED) is 0.929. The van der Waals surface area contributed by atoms with E-state index in [4.69, 9.17) is 5.73 Å². The number of nitrogens with two attached hydrogens (primary N) is 1. The lowest BCUT2D eigenvalue weighted by Crippen LogP contribution is -2.30. The van der Waals surface area contributed by atoms with Gasteiger partial charge in [0.05, 0.1) is 0 Å². The SMILES string of the molecule is NCCc1cc(F)cc(N2CCc3ccccc3C2)c1. The van der Waals surface area contributed by atoms with E-state index in [9.17, 15) is 4.39 Å². The van der Waals surface area contributed by atoms with Gasteiger partial charge in [-0.15, -0.1) is 0 Å². The van der Waals surface area contributed by atoms with Crippen LogP contribution in [0.3, 0.4) is 0 Å². The lowest BCUT2D eigenvalue weighted by molar-refractivity contribution is 0.622. The maximum atomic E-state index is 13.7. The van der Waals surface area contributed by atoms with Crippen LogP contribution in [0.25, 0.3) is 0 Å². The third-order valence-corrected chi connectivity index (χ3v) is 3.87. The Labute approximate surface area is 119 Å². The molecule has 0 saturated carbocycles. The molecular weight excluding hydrogens is 251 g/mol. The highest BCUT2D eigenvalue weighted by Gasteiger charge is 2.16. The van der Waals surface area contributed by atoms with Crippen LogP contribution in [0, 0.1) is 5.82 Å². The fourth-order valence-corrected chi connectivity index (χ4v) is 2.84. The van der Waals surface area contributed by atoms with Crippen molar-refractivity contribution in [3.63, 3.8) is 0 Å². The van der Waals surface area contributed by atoms with Crippen molar-refractivity contribution in [2.75, 3.05) is 18.0 Å². The standard InChI is InChI=1S/C17H19FN2/c18-16-9-13(5-7-19)10-17(11-16)20-8-6-14-3-1-2-4-15(14)12-20/h1-4,9-11H,5-8,12,19H2. The van der Waals surface area contributed by atoms with Crippen LogP contribution in [0.2, 0.25) is 0 Å². The summed E-state index contributed by atoms with van der Waals surface area (Å²) in [7, 11) is 0. The Morgan fingerprint density at radius 3 is 2.70 bits per heavy atom. The average Bonchev–Trinajstić information content (AvgIpc) is 2.46. The molecule has 1 aliphatic heterocycles. The van der Waals surface area contributed by atoms with Crippen LogP contribution < -0.4 is 10.6 Å². The van der Waals surface area contributed by atoms with Crippen LogP contribution in [-0.4, -0.2) is 13.1 Å². The summed E-state index contributed by atoms with van der Waals surface area (Å²) in [5, 5.41) is 0. The molecular formula is C17H19FN2. The lowest BCUT2D eigenvalue weighted by atomic mass is 9.99. The molecule has 3 rings (SSSR count). The van der Waals surface area contributed by atoms with E-state index in [1.807, 2.05) is 0 Å².